The number of nitrogens with zero attached hydrogens (tertiary/aromatic N) is 1. The van der Waals surface area contributed by atoms with Crippen LogP contribution in [0.3, 0.4) is 0 Å². The molecule has 0 amide bonds. The van der Waals surface area contributed by atoms with Crippen LogP contribution in [0.1, 0.15) is 25.7 Å². The maximum Gasteiger partial charge on any atom is 0.00970 e. The molecule has 2 nitrogen and oxygen atoms in total. The van der Waals surface area contributed by atoms with Crippen LogP contribution < -0.4 is 5.32 Å². The first-order valence-electron chi connectivity index (χ1n) is 5.89. The third-order valence-electron chi connectivity index (χ3n) is 3.67. The Bertz CT molecular complexity index is 161. The van der Waals surface area contributed by atoms with Gasteiger partial charge in [-0.05, 0) is 32.7 Å². The molecular weight excluding hydrogens is 192 g/mol. The summed E-state index contributed by atoms with van der Waals surface area (Å²) in [5.41, 5.74) is 0. The number of rotatable bonds is 2. The molecule has 1 N–H and O–H groups in total. The first kappa shape index (κ1) is 10.8. The molecule has 1 saturated heterocycles. The Labute approximate surface area is 91.8 Å². The molecule has 0 atom stereocenters. The van der Waals surface area contributed by atoms with Crippen molar-refractivity contribution in [3.8, 4) is 0 Å². The van der Waals surface area contributed by atoms with Crippen LogP contribution in [-0.2, 0) is 0 Å². The molecule has 82 valence electrons. The van der Waals surface area contributed by atoms with E-state index in [1.165, 1.54) is 50.3 Å². The lowest BCUT2D eigenvalue weighted by Crippen LogP contribution is -2.45. The second-order valence-electron chi connectivity index (χ2n) is 4.44. The smallest absolute Gasteiger partial charge is 0.00970 e. The van der Waals surface area contributed by atoms with Crippen LogP contribution in [0.15, 0.2) is 0 Å². The van der Waals surface area contributed by atoms with Gasteiger partial charge in [-0.3, -0.25) is 4.90 Å². The van der Waals surface area contributed by atoms with Gasteiger partial charge in [0, 0.05) is 36.7 Å². The molecule has 2 aliphatic rings. The molecular formula is C11H22N2S. The van der Waals surface area contributed by atoms with Crippen molar-refractivity contribution >= 4 is 11.8 Å². The molecule has 2 rings (SSSR count). The number of hydrogen-bond donors (Lipinski definition) is 1. The minimum absolute atomic E-state index is 0.797. The summed E-state index contributed by atoms with van der Waals surface area (Å²) in [6.45, 7) is 2.67. The van der Waals surface area contributed by atoms with Gasteiger partial charge in [0.1, 0.15) is 0 Å². The van der Waals surface area contributed by atoms with E-state index in [-0.39, 0.29) is 0 Å². The maximum atomic E-state index is 3.40. The van der Waals surface area contributed by atoms with Gasteiger partial charge < -0.3 is 5.32 Å². The summed E-state index contributed by atoms with van der Waals surface area (Å²) in [7, 11) is 2.10. The molecule has 1 aliphatic carbocycles. The van der Waals surface area contributed by atoms with Gasteiger partial charge in [0.2, 0.25) is 0 Å². The van der Waals surface area contributed by atoms with E-state index < -0.39 is 0 Å². The van der Waals surface area contributed by atoms with Gasteiger partial charge in [-0.15, -0.1) is 0 Å². The zero-order valence-electron chi connectivity index (χ0n) is 9.17. The van der Waals surface area contributed by atoms with Gasteiger partial charge in [0.05, 0.1) is 0 Å². The fourth-order valence-electron chi connectivity index (χ4n) is 2.67. The third kappa shape index (κ3) is 2.65. The van der Waals surface area contributed by atoms with Crippen molar-refractivity contribution in [1.29, 1.82) is 0 Å². The Hall–Kier alpha value is 0.270. The monoisotopic (exact) mass is 214 g/mol. The van der Waals surface area contributed by atoms with Crippen LogP contribution in [0.5, 0.6) is 0 Å². The fraction of sp³-hybridized carbons (Fsp3) is 1.00. The summed E-state index contributed by atoms with van der Waals surface area (Å²) in [6.07, 6.45) is 5.59. The minimum atomic E-state index is 0.797. The molecule has 14 heavy (non-hydrogen) atoms. The van der Waals surface area contributed by atoms with Crippen LogP contribution in [0.25, 0.3) is 0 Å². The Kier molecular flexibility index (Phi) is 4.14. The standard InChI is InChI=1S/C11H22N2S/c1-12-10-2-4-11(5-3-10)13-6-8-14-9-7-13/h10-12H,2-9H2,1H3. The molecule has 3 heteroatoms. The van der Waals surface area contributed by atoms with Crippen molar-refractivity contribution in [2.24, 2.45) is 0 Å². The van der Waals surface area contributed by atoms with Gasteiger partial charge in [0.15, 0.2) is 0 Å². The summed E-state index contributed by atoms with van der Waals surface area (Å²) in [5.74, 6) is 2.71. The average molecular weight is 214 g/mol. The molecule has 1 saturated carbocycles. The molecule has 0 aromatic rings. The van der Waals surface area contributed by atoms with Crippen LogP contribution in [-0.4, -0.2) is 48.6 Å². The van der Waals surface area contributed by atoms with Crippen molar-refractivity contribution in [2.75, 3.05) is 31.6 Å². The third-order valence-corrected chi connectivity index (χ3v) is 4.61. The molecule has 0 aromatic carbocycles. The lowest BCUT2D eigenvalue weighted by molar-refractivity contribution is 0.158. The van der Waals surface area contributed by atoms with E-state index in [9.17, 15) is 0 Å². The van der Waals surface area contributed by atoms with Crippen LogP contribution in [0.4, 0.5) is 0 Å². The highest BCUT2D eigenvalue weighted by atomic mass is 32.2. The van der Waals surface area contributed by atoms with Gasteiger partial charge in [-0.25, -0.2) is 0 Å². The highest BCUT2D eigenvalue weighted by molar-refractivity contribution is 7.99. The Morgan fingerprint density at radius 2 is 1.71 bits per heavy atom. The minimum Gasteiger partial charge on any atom is -0.317 e. The highest BCUT2D eigenvalue weighted by Gasteiger charge is 2.25. The van der Waals surface area contributed by atoms with Gasteiger partial charge in [-0.1, -0.05) is 0 Å². The lowest BCUT2D eigenvalue weighted by Gasteiger charge is -2.38. The predicted octanol–water partition coefficient (Wildman–Crippen LogP) is 1.57. The van der Waals surface area contributed by atoms with Gasteiger partial charge in [-0.2, -0.15) is 11.8 Å². The van der Waals surface area contributed by atoms with Gasteiger partial charge >= 0.3 is 0 Å². The van der Waals surface area contributed by atoms with E-state index in [1.54, 1.807) is 0 Å². The normalized spacial score (nSPS) is 35.8. The van der Waals surface area contributed by atoms with Crippen LogP contribution in [0, 0.1) is 0 Å². The van der Waals surface area contributed by atoms with Crippen LogP contribution in [0.2, 0.25) is 0 Å². The SMILES string of the molecule is CNC1CCC(N2CCSCC2)CC1. The Morgan fingerprint density at radius 1 is 1.07 bits per heavy atom. The molecule has 0 spiro atoms. The molecule has 0 radical (unpaired) electrons. The molecule has 0 bridgehead atoms. The topological polar surface area (TPSA) is 15.3 Å². The lowest BCUT2D eigenvalue weighted by atomic mass is 9.90. The van der Waals surface area contributed by atoms with Crippen molar-refractivity contribution in [1.82, 2.24) is 10.2 Å². The van der Waals surface area contributed by atoms with E-state index in [4.69, 9.17) is 0 Å². The zero-order valence-corrected chi connectivity index (χ0v) is 9.98. The maximum absolute atomic E-state index is 3.40. The predicted molar refractivity (Wildman–Crippen MR) is 64.0 cm³/mol. The first-order chi connectivity index (χ1) is 6.90. The largest absolute Gasteiger partial charge is 0.317 e. The van der Waals surface area contributed by atoms with Crippen molar-refractivity contribution < 1.29 is 0 Å². The second kappa shape index (κ2) is 5.38. The Balaban J connectivity index is 1.76. The van der Waals surface area contributed by atoms with E-state index in [0.717, 1.165) is 12.1 Å². The summed E-state index contributed by atoms with van der Waals surface area (Å²) in [5, 5.41) is 3.40. The van der Waals surface area contributed by atoms with E-state index in [1.807, 2.05) is 0 Å². The van der Waals surface area contributed by atoms with E-state index in [2.05, 4.69) is 29.0 Å². The average Bonchev–Trinajstić information content (AvgIpc) is 2.30. The van der Waals surface area contributed by atoms with Crippen LogP contribution >= 0.6 is 11.8 Å². The number of nitrogens with one attached hydrogen (secondary N) is 1. The van der Waals surface area contributed by atoms with Crippen molar-refractivity contribution in [3.05, 3.63) is 0 Å². The first-order valence-corrected chi connectivity index (χ1v) is 7.04. The fourth-order valence-corrected chi connectivity index (χ4v) is 3.60. The summed E-state index contributed by atoms with van der Waals surface area (Å²) < 4.78 is 0. The van der Waals surface area contributed by atoms with E-state index >= 15 is 0 Å². The second-order valence-corrected chi connectivity index (χ2v) is 5.67. The summed E-state index contributed by atoms with van der Waals surface area (Å²) in [6, 6.07) is 1.70. The summed E-state index contributed by atoms with van der Waals surface area (Å²) >= 11 is 2.11. The number of hydrogen-bond acceptors (Lipinski definition) is 3. The molecule has 1 aliphatic heterocycles. The van der Waals surface area contributed by atoms with Crippen molar-refractivity contribution in [3.63, 3.8) is 0 Å². The molecule has 1 heterocycles. The molecule has 0 unspecified atom stereocenters. The quantitative estimate of drug-likeness (QED) is 0.751. The van der Waals surface area contributed by atoms with Gasteiger partial charge in [0.25, 0.3) is 0 Å². The molecule has 0 aromatic heterocycles. The highest BCUT2D eigenvalue weighted by Crippen LogP contribution is 2.25. The number of thioether (sulfide) groups is 1. The van der Waals surface area contributed by atoms with E-state index in [0.29, 0.717) is 0 Å². The summed E-state index contributed by atoms with van der Waals surface area (Å²) in [4.78, 5) is 2.72. The Morgan fingerprint density at radius 3 is 2.29 bits per heavy atom. The zero-order chi connectivity index (χ0) is 9.80. The van der Waals surface area contributed by atoms with Crippen molar-refractivity contribution in [2.45, 2.75) is 37.8 Å². The molecule has 2 fully saturated rings.